The van der Waals surface area contributed by atoms with E-state index in [0.717, 1.165) is 37.2 Å². The zero-order valence-corrected chi connectivity index (χ0v) is 14.2. The van der Waals surface area contributed by atoms with Crippen LogP contribution in [0.3, 0.4) is 0 Å². The summed E-state index contributed by atoms with van der Waals surface area (Å²) in [5.41, 5.74) is 3.24. The van der Waals surface area contributed by atoms with Crippen molar-refractivity contribution in [3.05, 3.63) is 17.0 Å². The molecule has 0 unspecified atom stereocenters. The molecule has 5 heteroatoms. The zero-order chi connectivity index (χ0) is 16.0. The predicted octanol–water partition coefficient (Wildman–Crippen LogP) is 3.23. The molecule has 1 aliphatic carbocycles. The number of hydrogen-bond acceptors (Lipinski definition) is 3. The van der Waals surface area contributed by atoms with E-state index in [2.05, 4.69) is 17.1 Å². The van der Waals surface area contributed by atoms with Gasteiger partial charge in [-0.2, -0.15) is 5.10 Å². The van der Waals surface area contributed by atoms with Gasteiger partial charge < -0.3 is 9.64 Å². The van der Waals surface area contributed by atoms with Gasteiger partial charge in [0, 0.05) is 25.1 Å². The first kappa shape index (κ1) is 15.2. The summed E-state index contributed by atoms with van der Waals surface area (Å²) >= 11 is 0. The van der Waals surface area contributed by atoms with Crippen LogP contribution in [-0.2, 0) is 11.2 Å². The number of carbonyl (C=O) groups excluding carboxylic acids is 1. The fourth-order valence-electron chi connectivity index (χ4n) is 4.63. The van der Waals surface area contributed by atoms with Crippen LogP contribution in [0.2, 0.25) is 0 Å². The summed E-state index contributed by atoms with van der Waals surface area (Å²) in [4.78, 5) is 15.1. The van der Waals surface area contributed by atoms with Gasteiger partial charge >= 0.3 is 0 Å². The van der Waals surface area contributed by atoms with Gasteiger partial charge in [0.1, 0.15) is 0 Å². The molecule has 3 aliphatic rings. The highest BCUT2D eigenvalue weighted by Gasteiger charge is 2.39. The quantitative estimate of drug-likeness (QED) is 0.865. The molecular formula is C18H27N3O2. The number of aromatic amines is 1. The van der Waals surface area contributed by atoms with Crippen molar-refractivity contribution in [3.63, 3.8) is 0 Å². The number of hydrogen-bond donors (Lipinski definition) is 1. The number of rotatable bonds is 1. The number of fused-ring (bicyclic) bond motifs is 1. The molecule has 5 nitrogen and oxygen atoms in total. The third-order valence-corrected chi connectivity index (χ3v) is 6.18. The summed E-state index contributed by atoms with van der Waals surface area (Å²) in [5, 5.41) is 7.41. The number of nitrogens with zero attached hydrogens (tertiary/aromatic N) is 2. The largest absolute Gasteiger partial charge is 0.369 e. The molecule has 1 saturated heterocycles. The summed E-state index contributed by atoms with van der Waals surface area (Å²) in [5.74, 6) is 0.111. The van der Waals surface area contributed by atoms with Gasteiger partial charge in [0.15, 0.2) is 5.69 Å². The molecule has 126 valence electrons. The molecule has 0 radical (unpaired) electrons. The van der Waals surface area contributed by atoms with Gasteiger partial charge in [0.05, 0.1) is 17.9 Å². The van der Waals surface area contributed by atoms with Crippen LogP contribution in [0.15, 0.2) is 0 Å². The fourth-order valence-corrected chi connectivity index (χ4v) is 4.63. The van der Waals surface area contributed by atoms with E-state index in [9.17, 15) is 4.79 Å². The van der Waals surface area contributed by atoms with E-state index < -0.39 is 0 Å². The smallest absolute Gasteiger partial charge is 0.274 e. The lowest BCUT2D eigenvalue weighted by molar-refractivity contribution is -0.00702. The molecule has 1 spiro atoms. The van der Waals surface area contributed by atoms with E-state index in [1.165, 1.54) is 32.1 Å². The number of aromatic nitrogens is 2. The topological polar surface area (TPSA) is 58.2 Å². The van der Waals surface area contributed by atoms with E-state index >= 15 is 0 Å². The molecule has 1 saturated carbocycles. The maximum absolute atomic E-state index is 13.0. The van der Waals surface area contributed by atoms with Crippen molar-refractivity contribution in [1.29, 1.82) is 0 Å². The number of ether oxygens (including phenoxy) is 1. The Bertz CT molecular complexity index is 605. The van der Waals surface area contributed by atoms with Crippen molar-refractivity contribution in [2.24, 2.45) is 5.41 Å². The average molecular weight is 317 g/mol. The highest BCUT2D eigenvalue weighted by Crippen LogP contribution is 2.48. The molecule has 1 aromatic heterocycles. The first-order valence-corrected chi connectivity index (χ1v) is 9.10. The van der Waals surface area contributed by atoms with E-state index in [1.54, 1.807) is 0 Å². The van der Waals surface area contributed by atoms with Crippen molar-refractivity contribution >= 4 is 5.91 Å². The highest BCUT2D eigenvalue weighted by atomic mass is 16.5. The number of carbonyl (C=O) groups is 1. The summed E-state index contributed by atoms with van der Waals surface area (Å²) in [7, 11) is 0. The van der Waals surface area contributed by atoms with Crippen molar-refractivity contribution in [1.82, 2.24) is 15.1 Å². The Morgan fingerprint density at radius 3 is 2.74 bits per heavy atom. The van der Waals surface area contributed by atoms with Crippen LogP contribution in [0.1, 0.15) is 80.2 Å². The predicted molar refractivity (Wildman–Crippen MR) is 87.3 cm³/mol. The Morgan fingerprint density at radius 1 is 1.22 bits per heavy atom. The van der Waals surface area contributed by atoms with Crippen molar-refractivity contribution in [3.8, 4) is 0 Å². The van der Waals surface area contributed by atoms with Crippen LogP contribution >= 0.6 is 0 Å². The molecule has 4 rings (SSSR count). The minimum Gasteiger partial charge on any atom is -0.369 e. The van der Waals surface area contributed by atoms with Crippen molar-refractivity contribution in [2.75, 3.05) is 13.1 Å². The molecule has 1 N–H and O–H groups in total. The molecule has 2 aliphatic heterocycles. The summed E-state index contributed by atoms with van der Waals surface area (Å²) < 4.78 is 5.82. The Kier molecular flexibility index (Phi) is 3.71. The maximum Gasteiger partial charge on any atom is 0.274 e. The third-order valence-electron chi connectivity index (χ3n) is 6.18. The lowest BCUT2D eigenvalue weighted by Crippen LogP contribution is -2.35. The molecule has 0 aromatic carbocycles. The van der Waals surface area contributed by atoms with E-state index in [4.69, 9.17) is 4.74 Å². The van der Waals surface area contributed by atoms with Gasteiger partial charge in [-0.1, -0.05) is 6.42 Å². The Morgan fingerprint density at radius 2 is 2.00 bits per heavy atom. The molecule has 2 fully saturated rings. The lowest BCUT2D eigenvalue weighted by atomic mass is 9.64. The van der Waals surface area contributed by atoms with Crippen molar-refractivity contribution in [2.45, 2.75) is 71.0 Å². The van der Waals surface area contributed by atoms with E-state index in [1.807, 2.05) is 11.8 Å². The van der Waals surface area contributed by atoms with E-state index in [-0.39, 0.29) is 18.1 Å². The second kappa shape index (κ2) is 5.62. The Labute approximate surface area is 137 Å². The first-order valence-electron chi connectivity index (χ1n) is 9.10. The Balaban J connectivity index is 1.53. The number of amides is 1. The van der Waals surface area contributed by atoms with Crippen molar-refractivity contribution < 1.29 is 9.53 Å². The summed E-state index contributed by atoms with van der Waals surface area (Å²) in [6, 6.07) is 0. The van der Waals surface area contributed by atoms with E-state index in [0.29, 0.717) is 11.1 Å². The second-order valence-corrected chi connectivity index (χ2v) is 7.76. The standard InChI is InChI=1S/C18H27N3O2/c1-12-11-14-15(13(2)23-12)19-20-16(14)17(22)21-9-4-7-18(8-10-21)5-3-6-18/h12-13H,3-11H2,1-2H3,(H,19,20)/t12-,13+/m1/s1. The van der Waals surface area contributed by atoms with Crippen LogP contribution < -0.4 is 0 Å². The fraction of sp³-hybridized carbons (Fsp3) is 0.778. The molecule has 1 aromatic rings. The molecule has 3 heterocycles. The van der Waals surface area contributed by atoms with Gasteiger partial charge in [-0.3, -0.25) is 9.89 Å². The van der Waals surface area contributed by atoms with Gasteiger partial charge in [-0.25, -0.2) is 0 Å². The van der Waals surface area contributed by atoms with Gasteiger partial charge in [0.25, 0.3) is 5.91 Å². The maximum atomic E-state index is 13.0. The summed E-state index contributed by atoms with van der Waals surface area (Å²) in [6.45, 7) is 5.85. The second-order valence-electron chi connectivity index (χ2n) is 7.76. The van der Waals surface area contributed by atoms with Gasteiger partial charge in [-0.15, -0.1) is 0 Å². The third kappa shape index (κ3) is 2.59. The molecule has 1 amide bonds. The number of nitrogens with one attached hydrogen (secondary N) is 1. The van der Waals surface area contributed by atoms with Gasteiger partial charge in [-0.05, 0) is 51.4 Å². The monoisotopic (exact) mass is 317 g/mol. The van der Waals surface area contributed by atoms with Crippen LogP contribution in [0.25, 0.3) is 0 Å². The normalized spacial score (nSPS) is 29.7. The van der Waals surface area contributed by atoms with Crippen LogP contribution in [0, 0.1) is 5.41 Å². The van der Waals surface area contributed by atoms with Gasteiger partial charge in [0.2, 0.25) is 0 Å². The van der Waals surface area contributed by atoms with Crippen LogP contribution in [-0.4, -0.2) is 40.2 Å². The minimum absolute atomic E-state index is 0.00909. The van der Waals surface area contributed by atoms with Crippen LogP contribution in [0.4, 0.5) is 0 Å². The highest BCUT2D eigenvalue weighted by molar-refractivity contribution is 5.94. The average Bonchev–Trinajstić information content (AvgIpc) is 2.76. The lowest BCUT2D eigenvalue weighted by Gasteiger charge is -2.41. The molecule has 23 heavy (non-hydrogen) atoms. The molecular weight excluding hydrogens is 290 g/mol. The van der Waals surface area contributed by atoms with Crippen LogP contribution in [0.5, 0.6) is 0 Å². The summed E-state index contributed by atoms with van der Waals surface area (Å²) in [6.07, 6.45) is 8.59. The number of likely N-dealkylation sites (tertiary alicyclic amines) is 1. The first-order chi connectivity index (χ1) is 11.1. The minimum atomic E-state index is -0.00909. The SMILES string of the molecule is C[C@@H]1Cc2c(C(=O)N3CCCC4(CCC4)CC3)n[nH]c2[C@H](C)O1. The number of H-pyrrole nitrogens is 1. The molecule has 0 bridgehead atoms. The zero-order valence-electron chi connectivity index (χ0n) is 14.2. The Hall–Kier alpha value is -1.36. The molecule has 2 atom stereocenters.